The summed E-state index contributed by atoms with van der Waals surface area (Å²) in [6.07, 6.45) is 3.15. The smallest absolute Gasteiger partial charge is 0.332 e. The van der Waals surface area contributed by atoms with Gasteiger partial charge in [-0.25, -0.2) is 4.79 Å². The van der Waals surface area contributed by atoms with Crippen LogP contribution in [0.5, 0.6) is 0 Å². The second-order valence-electron chi connectivity index (χ2n) is 4.59. The van der Waals surface area contributed by atoms with E-state index in [1.165, 1.54) is 14.1 Å². The molecule has 8 heteroatoms. The zero-order chi connectivity index (χ0) is 15.6. The fourth-order valence-corrected chi connectivity index (χ4v) is 1.92. The Morgan fingerprint density at radius 1 is 1.24 bits per heavy atom. The molecule has 0 unspecified atom stereocenters. The average Bonchev–Trinajstić information content (AvgIpc) is 2.50. The average molecular weight is 290 g/mol. The highest BCUT2D eigenvalue weighted by molar-refractivity contribution is 6.25. The third-order valence-electron chi connectivity index (χ3n) is 3.18. The predicted molar refractivity (Wildman–Crippen MR) is 70.5 cm³/mol. The Morgan fingerprint density at radius 3 is 2.38 bits per heavy atom. The van der Waals surface area contributed by atoms with Crippen LogP contribution < -0.4 is 5.32 Å². The van der Waals surface area contributed by atoms with Gasteiger partial charge < -0.3 is 5.32 Å². The topological polar surface area (TPSA) is 99.7 Å². The maximum Gasteiger partial charge on any atom is 0.332 e. The van der Waals surface area contributed by atoms with Crippen LogP contribution in [-0.4, -0.2) is 52.6 Å². The molecule has 1 fully saturated rings. The summed E-state index contributed by atoms with van der Waals surface area (Å²) in [5.74, 6) is -3.92. The highest BCUT2D eigenvalue weighted by Crippen LogP contribution is 2.15. The second kappa shape index (κ2) is 5.70. The van der Waals surface area contributed by atoms with Gasteiger partial charge >= 0.3 is 6.03 Å². The monoisotopic (exact) mass is 290 g/mol. The Kier molecular flexibility index (Phi) is 3.97. The number of carbonyl (C=O) groups is 4. The lowest BCUT2D eigenvalue weighted by molar-refractivity contribution is -0.152. The molecule has 1 N–H and O–H groups in total. The van der Waals surface area contributed by atoms with E-state index in [0.717, 1.165) is 15.4 Å². The van der Waals surface area contributed by atoms with Crippen LogP contribution in [0, 0.1) is 5.92 Å². The Morgan fingerprint density at radius 2 is 1.86 bits per heavy atom. The molecule has 2 heterocycles. The third kappa shape index (κ3) is 2.73. The number of pyridine rings is 1. The minimum absolute atomic E-state index is 0.144. The Balaban J connectivity index is 2.09. The van der Waals surface area contributed by atoms with Crippen molar-refractivity contribution >= 4 is 23.8 Å². The SMILES string of the molecule is CN1C(=O)C(C(=O)NCc2cccnc2)C(=O)N(C)C1=O. The molecule has 0 radical (unpaired) electrons. The van der Waals surface area contributed by atoms with E-state index in [1.807, 2.05) is 0 Å². The van der Waals surface area contributed by atoms with Crippen LogP contribution in [-0.2, 0) is 20.9 Å². The molecule has 0 saturated carbocycles. The van der Waals surface area contributed by atoms with Crippen molar-refractivity contribution in [2.45, 2.75) is 6.54 Å². The summed E-state index contributed by atoms with van der Waals surface area (Å²) in [5.41, 5.74) is 0.736. The van der Waals surface area contributed by atoms with Crippen LogP contribution in [0.3, 0.4) is 0 Å². The van der Waals surface area contributed by atoms with Crippen molar-refractivity contribution in [1.29, 1.82) is 0 Å². The van der Waals surface area contributed by atoms with E-state index in [-0.39, 0.29) is 6.54 Å². The van der Waals surface area contributed by atoms with E-state index < -0.39 is 29.7 Å². The first-order valence-corrected chi connectivity index (χ1v) is 6.19. The van der Waals surface area contributed by atoms with Gasteiger partial charge in [-0.3, -0.25) is 29.2 Å². The molecule has 21 heavy (non-hydrogen) atoms. The van der Waals surface area contributed by atoms with Crippen molar-refractivity contribution in [1.82, 2.24) is 20.1 Å². The molecule has 1 aliphatic heterocycles. The van der Waals surface area contributed by atoms with Crippen molar-refractivity contribution in [2.75, 3.05) is 14.1 Å². The highest BCUT2D eigenvalue weighted by Gasteiger charge is 2.46. The zero-order valence-corrected chi connectivity index (χ0v) is 11.6. The molecule has 5 amide bonds. The van der Waals surface area contributed by atoms with Crippen LogP contribution in [0.4, 0.5) is 4.79 Å². The first-order valence-electron chi connectivity index (χ1n) is 6.19. The summed E-state index contributed by atoms with van der Waals surface area (Å²) in [4.78, 5) is 52.9. The van der Waals surface area contributed by atoms with Crippen LogP contribution in [0.25, 0.3) is 0 Å². The number of barbiturate groups is 1. The highest BCUT2D eigenvalue weighted by atomic mass is 16.2. The van der Waals surface area contributed by atoms with Crippen LogP contribution in [0.2, 0.25) is 0 Å². The standard InChI is InChI=1S/C13H14N4O4/c1-16-11(19)9(12(20)17(2)13(16)21)10(18)15-7-8-4-3-5-14-6-8/h3-6,9H,7H2,1-2H3,(H,15,18). The Labute approximate surface area is 120 Å². The van der Waals surface area contributed by atoms with Gasteiger partial charge in [0.1, 0.15) is 0 Å². The van der Waals surface area contributed by atoms with E-state index in [9.17, 15) is 19.2 Å². The van der Waals surface area contributed by atoms with E-state index in [0.29, 0.717) is 0 Å². The number of aromatic nitrogens is 1. The van der Waals surface area contributed by atoms with Gasteiger partial charge in [-0.15, -0.1) is 0 Å². The summed E-state index contributed by atoms with van der Waals surface area (Å²) in [5, 5.41) is 2.50. The van der Waals surface area contributed by atoms with Gasteiger partial charge in [0.15, 0.2) is 5.92 Å². The van der Waals surface area contributed by atoms with Gasteiger partial charge in [-0.05, 0) is 11.6 Å². The van der Waals surface area contributed by atoms with Crippen LogP contribution >= 0.6 is 0 Å². The molecule has 1 aromatic heterocycles. The van der Waals surface area contributed by atoms with E-state index >= 15 is 0 Å². The largest absolute Gasteiger partial charge is 0.351 e. The number of nitrogens with one attached hydrogen (secondary N) is 1. The van der Waals surface area contributed by atoms with E-state index in [1.54, 1.807) is 24.5 Å². The molecule has 110 valence electrons. The van der Waals surface area contributed by atoms with Crippen molar-refractivity contribution in [3.05, 3.63) is 30.1 Å². The fraction of sp³-hybridized carbons (Fsp3) is 0.308. The number of urea groups is 1. The first-order chi connectivity index (χ1) is 9.93. The van der Waals surface area contributed by atoms with Crippen molar-refractivity contribution in [2.24, 2.45) is 5.92 Å². The van der Waals surface area contributed by atoms with Gasteiger partial charge in [-0.1, -0.05) is 6.07 Å². The van der Waals surface area contributed by atoms with Gasteiger partial charge in [0.05, 0.1) is 0 Å². The molecule has 8 nitrogen and oxygen atoms in total. The van der Waals surface area contributed by atoms with Crippen molar-refractivity contribution < 1.29 is 19.2 Å². The summed E-state index contributed by atoms with van der Waals surface area (Å²) < 4.78 is 0. The van der Waals surface area contributed by atoms with Crippen molar-refractivity contribution in [3.63, 3.8) is 0 Å². The van der Waals surface area contributed by atoms with Gasteiger partial charge in [0.25, 0.3) is 11.8 Å². The number of rotatable bonds is 3. The lowest BCUT2D eigenvalue weighted by atomic mass is 10.0. The minimum atomic E-state index is -1.53. The summed E-state index contributed by atoms with van der Waals surface area (Å²) in [6.45, 7) is 0.144. The third-order valence-corrected chi connectivity index (χ3v) is 3.18. The quantitative estimate of drug-likeness (QED) is 0.747. The molecule has 1 aromatic rings. The number of hydrogen-bond acceptors (Lipinski definition) is 5. The van der Waals surface area contributed by atoms with Gasteiger partial charge in [0.2, 0.25) is 5.91 Å². The number of nitrogens with zero attached hydrogens (tertiary/aromatic N) is 3. The zero-order valence-electron chi connectivity index (χ0n) is 11.6. The second-order valence-corrected chi connectivity index (χ2v) is 4.59. The maximum absolute atomic E-state index is 12.1. The number of carbonyl (C=O) groups excluding carboxylic acids is 4. The lowest BCUT2D eigenvalue weighted by Gasteiger charge is -2.32. The molecule has 1 aliphatic rings. The predicted octanol–water partition coefficient (Wildman–Crippen LogP) is -0.636. The van der Waals surface area contributed by atoms with Gasteiger partial charge in [-0.2, -0.15) is 0 Å². The number of hydrogen-bond donors (Lipinski definition) is 1. The van der Waals surface area contributed by atoms with E-state index in [2.05, 4.69) is 10.3 Å². The van der Waals surface area contributed by atoms with Gasteiger partial charge in [0, 0.05) is 33.0 Å². The summed E-state index contributed by atoms with van der Waals surface area (Å²) in [7, 11) is 2.46. The molecular weight excluding hydrogens is 276 g/mol. The van der Waals surface area contributed by atoms with Crippen molar-refractivity contribution in [3.8, 4) is 0 Å². The molecule has 0 bridgehead atoms. The lowest BCUT2D eigenvalue weighted by Crippen LogP contribution is -2.60. The molecule has 2 rings (SSSR count). The molecule has 0 aliphatic carbocycles. The molecule has 0 aromatic carbocycles. The molecule has 0 atom stereocenters. The molecular formula is C13H14N4O4. The summed E-state index contributed by atoms with van der Waals surface area (Å²) >= 11 is 0. The molecule has 1 saturated heterocycles. The fourth-order valence-electron chi connectivity index (χ4n) is 1.92. The molecule has 0 spiro atoms. The van der Waals surface area contributed by atoms with Crippen LogP contribution in [0.15, 0.2) is 24.5 Å². The summed E-state index contributed by atoms with van der Waals surface area (Å²) in [6, 6.07) is 2.71. The normalized spacial score (nSPS) is 16.4. The Bertz CT molecular complexity index is 577. The number of imide groups is 2. The first kappa shape index (κ1) is 14.6. The number of amides is 5. The minimum Gasteiger partial charge on any atom is -0.351 e. The Hall–Kier alpha value is -2.77. The van der Waals surface area contributed by atoms with E-state index in [4.69, 9.17) is 0 Å². The maximum atomic E-state index is 12.1. The van der Waals surface area contributed by atoms with Crippen LogP contribution in [0.1, 0.15) is 5.56 Å².